The lowest BCUT2D eigenvalue weighted by atomic mass is 9.86. The average Bonchev–Trinajstić information content (AvgIpc) is 3.44. The molecule has 0 aromatic rings. The van der Waals surface area contributed by atoms with Crippen LogP contribution in [0.2, 0.25) is 0 Å². The molecule has 3 heterocycles. The lowest BCUT2D eigenvalue weighted by molar-refractivity contribution is -0.132. The van der Waals surface area contributed by atoms with Crippen molar-refractivity contribution in [3.8, 4) is 0 Å². The fraction of sp³-hybridized carbons (Fsp3) is 0.645. The van der Waals surface area contributed by atoms with Gasteiger partial charge in [0, 0.05) is 48.4 Å². The number of hydrogen-bond acceptors (Lipinski definition) is 6. The molecule has 222 valence electrons. The number of rotatable bonds is 10. The summed E-state index contributed by atoms with van der Waals surface area (Å²) in [5.41, 5.74) is 1.04. The SMILES string of the molecule is C=CCC=NC(C)/C(=N\OC(C)C)N1CCC2(CCN(CC(=O)N3C(C)=CC(/C=C(Cl)\C=C/C)OCC3C)C2)C1. The zero-order chi connectivity index (χ0) is 29.3. The number of halogens is 1. The number of hydrogen-bond donors (Lipinski definition) is 0. The molecular weight excluding hydrogens is 526 g/mol. The van der Waals surface area contributed by atoms with Gasteiger partial charge >= 0.3 is 0 Å². The summed E-state index contributed by atoms with van der Waals surface area (Å²) in [4.78, 5) is 30.4. The Kier molecular flexibility index (Phi) is 12.0. The van der Waals surface area contributed by atoms with Gasteiger partial charge in [-0.2, -0.15) is 0 Å². The summed E-state index contributed by atoms with van der Waals surface area (Å²) in [7, 11) is 0. The van der Waals surface area contributed by atoms with Gasteiger partial charge < -0.3 is 19.4 Å². The van der Waals surface area contributed by atoms with Crippen molar-refractivity contribution < 1.29 is 14.4 Å². The molecule has 0 N–H and O–H groups in total. The van der Waals surface area contributed by atoms with Gasteiger partial charge in [-0.15, -0.1) is 6.58 Å². The van der Waals surface area contributed by atoms with Crippen molar-refractivity contribution in [1.82, 2.24) is 14.7 Å². The number of carbonyl (C=O) groups is 1. The number of carbonyl (C=O) groups excluding carboxylic acids is 1. The van der Waals surface area contributed by atoms with Crippen LogP contribution in [0, 0.1) is 5.41 Å². The minimum absolute atomic E-state index is 0.00431. The van der Waals surface area contributed by atoms with Gasteiger partial charge in [-0.05, 0) is 79.2 Å². The molecule has 0 radical (unpaired) electrons. The Morgan fingerprint density at radius 1 is 1.30 bits per heavy atom. The average molecular weight is 574 g/mol. The predicted octanol–water partition coefficient (Wildman–Crippen LogP) is 5.38. The van der Waals surface area contributed by atoms with Gasteiger partial charge in [0.15, 0.2) is 5.84 Å². The fourth-order valence-electron chi connectivity index (χ4n) is 5.76. The Morgan fingerprint density at radius 2 is 2.05 bits per heavy atom. The van der Waals surface area contributed by atoms with Crippen molar-refractivity contribution in [3.63, 3.8) is 0 Å². The third-order valence-corrected chi connectivity index (χ3v) is 7.90. The summed E-state index contributed by atoms with van der Waals surface area (Å²) in [6, 6.07) is -0.148. The second kappa shape index (κ2) is 15.0. The number of amides is 1. The number of oxime groups is 1. The maximum absolute atomic E-state index is 13.6. The molecule has 9 heteroatoms. The topological polar surface area (TPSA) is 70.0 Å². The van der Waals surface area contributed by atoms with Crippen LogP contribution in [0.25, 0.3) is 0 Å². The van der Waals surface area contributed by atoms with E-state index in [9.17, 15) is 4.79 Å². The number of likely N-dealkylation sites (tertiary alicyclic amines) is 2. The van der Waals surface area contributed by atoms with E-state index in [1.807, 2.05) is 76.1 Å². The van der Waals surface area contributed by atoms with E-state index in [-0.39, 0.29) is 35.6 Å². The Bertz CT molecular complexity index is 1040. The molecule has 4 atom stereocenters. The highest BCUT2D eigenvalue weighted by Crippen LogP contribution is 2.40. The summed E-state index contributed by atoms with van der Waals surface area (Å²) in [6.07, 6.45) is 13.9. The van der Waals surface area contributed by atoms with Crippen molar-refractivity contribution in [2.75, 3.05) is 39.3 Å². The van der Waals surface area contributed by atoms with Crippen molar-refractivity contribution in [3.05, 3.63) is 47.7 Å². The van der Waals surface area contributed by atoms with Crippen molar-refractivity contribution in [2.45, 2.75) is 85.1 Å². The minimum atomic E-state index is -0.262. The van der Waals surface area contributed by atoms with Crippen LogP contribution in [0.15, 0.2) is 57.8 Å². The van der Waals surface area contributed by atoms with E-state index < -0.39 is 0 Å². The molecule has 3 rings (SSSR count). The molecule has 40 heavy (non-hydrogen) atoms. The third-order valence-electron chi connectivity index (χ3n) is 7.64. The van der Waals surface area contributed by atoms with Gasteiger partial charge in [0.05, 0.1) is 25.3 Å². The highest BCUT2D eigenvalue weighted by molar-refractivity contribution is 6.31. The van der Waals surface area contributed by atoms with Crippen LogP contribution in [0.3, 0.4) is 0 Å². The van der Waals surface area contributed by atoms with E-state index in [0.29, 0.717) is 18.2 Å². The Labute approximate surface area is 246 Å². The van der Waals surface area contributed by atoms with Crippen LogP contribution in [-0.2, 0) is 14.4 Å². The zero-order valence-corrected chi connectivity index (χ0v) is 25.9. The van der Waals surface area contributed by atoms with Gasteiger partial charge in [0.2, 0.25) is 5.91 Å². The van der Waals surface area contributed by atoms with Crippen molar-refractivity contribution in [1.29, 1.82) is 0 Å². The molecule has 0 saturated carbocycles. The van der Waals surface area contributed by atoms with E-state index in [0.717, 1.165) is 57.0 Å². The quantitative estimate of drug-likeness (QED) is 0.115. The second-order valence-electron chi connectivity index (χ2n) is 11.5. The first-order valence-corrected chi connectivity index (χ1v) is 14.9. The first-order valence-electron chi connectivity index (χ1n) is 14.5. The summed E-state index contributed by atoms with van der Waals surface area (Å²) in [6.45, 7) is 20.2. The van der Waals surface area contributed by atoms with Gasteiger partial charge in [-0.25, -0.2) is 0 Å². The lowest BCUT2D eigenvalue weighted by Crippen LogP contribution is -2.44. The number of nitrogens with zero attached hydrogens (tertiary/aromatic N) is 5. The van der Waals surface area contributed by atoms with Crippen LogP contribution in [0.4, 0.5) is 0 Å². The first kappa shape index (κ1) is 32.1. The molecule has 0 aliphatic carbocycles. The highest BCUT2D eigenvalue weighted by Gasteiger charge is 2.45. The standard InChI is InChI=1S/C31H48ClN5O3/c1-8-10-14-33-26(7)30(34-40-23(3)4)36-16-13-31(22-36)12-15-35(21-31)19-29(38)37-24(5)17-28(39-20-25(37)6)18-27(32)11-9-2/h8-9,11,14,17-18,23,25-26,28H,1,10,12-13,15-16,19-22H2,2-7H3/b11-9-,27-18+,33-14?,34-30+. The number of ether oxygens (including phenoxy) is 1. The molecule has 2 fully saturated rings. The summed E-state index contributed by atoms with van der Waals surface area (Å²) >= 11 is 6.28. The molecule has 2 saturated heterocycles. The van der Waals surface area contributed by atoms with Gasteiger partial charge in [0.25, 0.3) is 0 Å². The van der Waals surface area contributed by atoms with Crippen LogP contribution in [-0.4, -0.2) is 96.3 Å². The summed E-state index contributed by atoms with van der Waals surface area (Å²) in [5.74, 6) is 0.983. The smallest absolute Gasteiger partial charge is 0.241 e. The predicted molar refractivity (Wildman–Crippen MR) is 165 cm³/mol. The number of aliphatic imine (C=N–C) groups is 1. The Balaban J connectivity index is 1.65. The molecule has 0 aromatic carbocycles. The normalized spacial score (nSPS) is 27.8. The molecule has 0 aromatic heterocycles. The van der Waals surface area contributed by atoms with Crippen molar-refractivity contribution >= 4 is 29.6 Å². The van der Waals surface area contributed by atoms with E-state index in [2.05, 4.69) is 33.5 Å². The number of amidine groups is 1. The maximum Gasteiger partial charge on any atom is 0.241 e. The van der Waals surface area contributed by atoms with Gasteiger partial charge in [-0.3, -0.25) is 14.7 Å². The largest absolute Gasteiger partial charge is 0.392 e. The monoisotopic (exact) mass is 573 g/mol. The van der Waals surface area contributed by atoms with E-state index >= 15 is 0 Å². The van der Waals surface area contributed by atoms with Crippen LogP contribution < -0.4 is 0 Å². The van der Waals surface area contributed by atoms with Gasteiger partial charge in [0.1, 0.15) is 12.1 Å². The summed E-state index contributed by atoms with van der Waals surface area (Å²) in [5, 5.41) is 5.15. The van der Waals surface area contributed by atoms with Crippen molar-refractivity contribution in [2.24, 2.45) is 15.6 Å². The summed E-state index contributed by atoms with van der Waals surface area (Å²) < 4.78 is 6.03. The number of allylic oxidation sites excluding steroid dienone is 5. The van der Waals surface area contributed by atoms with Crippen LogP contribution in [0.5, 0.6) is 0 Å². The van der Waals surface area contributed by atoms with Crippen LogP contribution in [0.1, 0.15) is 60.8 Å². The third kappa shape index (κ3) is 8.79. The van der Waals surface area contributed by atoms with E-state index in [1.54, 1.807) is 0 Å². The Hall–Kier alpha value is -2.42. The van der Waals surface area contributed by atoms with Crippen LogP contribution >= 0.6 is 11.6 Å². The first-order chi connectivity index (χ1) is 19.1. The Morgan fingerprint density at radius 3 is 2.75 bits per heavy atom. The zero-order valence-electron chi connectivity index (χ0n) is 25.2. The molecule has 8 nitrogen and oxygen atoms in total. The second-order valence-corrected chi connectivity index (χ2v) is 12.0. The molecule has 1 spiro atoms. The molecule has 4 unspecified atom stereocenters. The maximum atomic E-state index is 13.6. The van der Waals surface area contributed by atoms with E-state index in [1.165, 1.54) is 0 Å². The van der Waals surface area contributed by atoms with E-state index in [4.69, 9.17) is 21.2 Å². The van der Waals surface area contributed by atoms with Gasteiger partial charge in [-0.1, -0.05) is 28.9 Å². The molecule has 1 amide bonds. The molecule has 0 bridgehead atoms. The molecule has 3 aliphatic rings. The minimum Gasteiger partial charge on any atom is -0.392 e. The fourth-order valence-corrected chi connectivity index (χ4v) is 6.01. The highest BCUT2D eigenvalue weighted by atomic mass is 35.5. The lowest BCUT2D eigenvalue weighted by Gasteiger charge is -2.30. The molecule has 3 aliphatic heterocycles. The molecular formula is C31H48ClN5O3.